The Labute approximate surface area is 91.0 Å². The molecule has 0 aliphatic carbocycles. The molecule has 0 bridgehead atoms. The molecule has 0 heterocycles. The van der Waals surface area contributed by atoms with Crippen molar-refractivity contribution in [1.82, 2.24) is 5.48 Å². The molecular weight excluding hydrogens is 190 g/mol. The van der Waals surface area contributed by atoms with E-state index in [2.05, 4.69) is 5.48 Å². The third-order valence-corrected chi connectivity index (χ3v) is 2.38. The van der Waals surface area contributed by atoms with Gasteiger partial charge in [0, 0.05) is 0 Å². The molecule has 0 aliphatic rings. The zero-order chi connectivity index (χ0) is 11.1. The van der Waals surface area contributed by atoms with Gasteiger partial charge in [-0.15, -0.1) is 0 Å². The van der Waals surface area contributed by atoms with E-state index in [1.807, 2.05) is 44.2 Å². The summed E-state index contributed by atoms with van der Waals surface area (Å²) in [7, 11) is 0. The van der Waals surface area contributed by atoms with Crippen LogP contribution < -0.4 is 5.48 Å². The molecule has 0 fully saturated rings. The highest BCUT2D eigenvalue weighted by Crippen LogP contribution is 2.04. The Hall–Kier alpha value is -0.900. The lowest BCUT2D eigenvalue weighted by Gasteiger charge is -2.18. The fraction of sp³-hybridized carbons (Fsp3) is 0.500. The zero-order valence-corrected chi connectivity index (χ0v) is 9.31. The Balaban J connectivity index is 2.27. The molecule has 0 saturated carbocycles. The van der Waals surface area contributed by atoms with E-state index in [0.29, 0.717) is 19.1 Å². The van der Waals surface area contributed by atoms with Crippen molar-refractivity contribution < 1.29 is 9.94 Å². The number of benzene rings is 1. The van der Waals surface area contributed by atoms with Crippen molar-refractivity contribution in [2.45, 2.75) is 26.5 Å². The van der Waals surface area contributed by atoms with Crippen molar-refractivity contribution in [1.29, 1.82) is 0 Å². The summed E-state index contributed by atoms with van der Waals surface area (Å²) < 4.78 is 5.51. The molecule has 84 valence electrons. The van der Waals surface area contributed by atoms with Gasteiger partial charge >= 0.3 is 0 Å². The van der Waals surface area contributed by atoms with Crippen LogP contribution in [0.5, 0.6) is 0 Å². The first-order valence-electron chi connectivity index (χ1n) is 5.25. The van der Waals surface area contributed by atoms with Crippen LogP contribution in [0, 0.1) is 5.92 Å². The summed E-state index contributed by atoms with van der Waals surface area (Å²) in [6, 6.07) is 10.0. The van der Waals surface area contributed by atoms with Gasteiger partial charge in [0.15, 0.2) is 0 Å². The molecule has 1 atom stereocenters. The van der Waals surface area contributed by atoms with Gasteiger partial charge < -0.3 is 9.94 Å². The average Bonchev–Trinajstić information content (AvgIpc) is 2.25. The first kappa shape index (κ1) is 12.2. The van der Waals surface area contributed by atoms with E-state index in [9.17, 15) is 0 Å². The van der Waals surface area contributed by atoms with E-state index in [4.69, 9.17) is 9.94 Å². The quantitative estimate of drug-likeness (QED) is 0.706. The number of hydrogen-bond acceptors (Lipinski definition) is 3. The molecule has 3 nitrogen and oxygen atoms in total. The Kier molecular flexibility index (Phi) is 5.32. The van der Waals surface area contributed by atoms with Crippen LogP contribution in [0.1, 0.15) is 19.4 Å². The fourth-order valence-corrected chi connectivity index (χ4v) is 1.26. The summed E-state index contributed by atoms with van der Waals surface area (Å²) in [6.45, 7) is 5.19. The minimum Gasteiger partial charge on any atom is -0.375 e. The Bertz CT molecular complexity index is 262. The second-order valence-electron chi connectivity index (χ2n) is 3.98. The minimum absolute atomic E-state index is 0.00582. The highest BCUT2D eigenvalue weighted by molar-refractivity contribution is 5.13. The van der Waals surface area contributed by atoms with Crippen LogP contribution in [0.15, 0.2) is 30.3 Å². The number of ether oxygens (including phenoxy) is 1. The number of hydroxylamine groups is 1. The normalized spacial score (nSPS) is 13.1. The maximum absolute atomic E-state index is 8.86. The Morgan fingerprint density at radius 2 is 1.93 bits per heavy atom. The summed E-state index contributed by atoms with van der Waals surface area (Å²) in [5.74, 6) is 0.353. The van der Waals surface area contributed by atoms with Crippen LogP contribution in [0.3, 0.4) is 0 Å². The lowest BCUT2D eigenvalue weighted by molar-refractivity contribution is 0.0261. The van der Waals surface area contributed by atoms with Gasteiger partial charge in [-0.3, -0.25) is 0 Å². The van der Waals surface area contributed by atoms with E-state index >= 15 is 0 Å². The highest BCUT2D eigenvalue weighted by Gasteiger charge is 2.11. The van der Waals surface area contributed by atoms with Gasteiger partial charge in [-0.2, -0.15) is 5.48 Å². The summed E-state index contributed by atoms with van der Waals surface area (Å²) in [4.78, 5) is 0. The van der Waals surface area contributed by atoms with E-state index < -0.39 is 0 Å². The molecule has 15 heavy (non-hydrogen) atoms. The molecule has 0 saturated heterocycles. The Morgan fingerprint density at radius 1 is 1.27 bits per heavy atom. The second-order valence-corrected chi connectivity index (χ2v) is 3.98. The van der Waals surface area contributed by atoms with E-state index in [0.717, 1.165) is 5.56 Å². The SMILES string of the molecule is CC(C)C(COCc1ccccc1)NO. The van der Waals surface area contributed by atoms with Crippen LogP contribution in [0.4, 0.5) is 0 Å². The topological polar surface area (TPSA) is 41.5 Å². The molecule has 0 spiro atoms. The van der Waals surface area contributed by atoms with Gasteiger partial charge in [-0.05, 0) is 11.5 Å². The second kappa shape index (κ2) is 6.56. The molecule has 3 heteroatoms. The van der Waals surface area contributed by atoms with Crippen molar-refractivity contribution >= 4 is 0 Å². The molecule has 0 radical (unpaired) electrons. The smallest absolute Gasteiger partial charge is 0.0717 e. The van der Waals surface area contributed by atoms with E-state index in [1.54, 1.807) is 0 Å². The predicted molar refractivity (Wildman–Crippen MR) is 59.6 cm³/mol. The summed E-state index contributed by atoms with van der Waals surface area (Å²) in [5.41, 5.74) is 3.41. The number of nitrogens with one attached hydrogen (secondary N) is 1. The van der Waals surface area contributed by atoms with E-state index in [1.165, 1.54) is 0 Å². The standard InChI is InChI=1S/C12H19NO2/c1-10(2)12(13-14)9-15-8-11-6-4-3-5-7-11/h3-7,10,12-14H,8-9H2,1-2H3. The first-order valence-corrected chi connectivity index (χ1v) is 5.25. The van der Waals surface area contributed by atoms with Gasteiger partial charge in [-0.1, -0.05) is 44.2 Å². The molecule has 2 N–H and O–H groups in total. The van der Waals surface area contributed by atoms with Crippen molar-refractivity contribution in [2.75, 3.05) is 6.61 Å². The van der Waals surface area contributed by atoms with Crippen molar-refractivity contribution in [3.63, 3.8) is 0 Å². The van der Waals surface area contributed by atoms with Gasteiger partial charge in [-0.25, -0.2) is 0 Å². The van der Waals surface area contributed by atoms with Crippen molar-refractivity contribution in [2.24, 2.45) is 5.92 Å². The third kappa shape index (κ3) is 4.42. The molecule has 1 aromatic rings. The monoisotopic (exact) mass is 209 g/mol. The number of hydrogen-bond donors (Lipinski definition) is 2. The highest BCUT2D eigenvalue weighted by atomic mass is 16.5. The zero-order valence-electron chi connectivity index (χ0n) is 9.31. The lowest BCUT2D eigenvalue weighted by atomic mass is 10.1. The number of rotatable bonds is 6. The predicted octanol–water partition coefficient (Wildman–Crippen LogP) is 2.21. The van der Waals surface area contributed by atoms with Crippen LogP contribution in [0.2, 0.25) is 0 Å². The summed E-state index contributed by atoms with van der Waals surface area (Å²) in [5, 5.41) is 8.86. The summed E-state index contributed by atoms with van der Waals surface area (Å²) in [6.07, 6.45) is 0. The average molecular weight is 209 g/mol. The molecule has 0 amide bonds. The van der Waals surface area contributed by atoms with Gasteiger partial charge in [0.2, 0.25) is 0 Å². The molecule has 1 aromatic carbocycles. The minimum atomic E-state index is -0.00582. The van der Waals surface area contributed by atoms with Gasteiger partial charge in [0.05, 0.1) is 19.3 Å². The molecular formula is C12H19NO2. The van der Waals surface area contributed by atoms with Crippen LogP contribution in [-0.4, -0.2) is 17.9 Å². The first-order chi connectivity index (χ1) is 7.24. The fourth-order valence-electron chi connectivity index (χ4n) is 1.26. The van der Waals surface area contributed by atoms with Crippen LogP contribution in [-0.2, 0) is 11.3 Å². The molecule has 1 rings (SSSR count). The Morgan fingerprint density at radius 3 is 2.47 bits per heavy atom. The lowest BCUT2D eigenvalue weighted by Crippen LogP contribution is -2.35. The van der Waals surface area contributed by atoms with Crippen LogP contribution in [0.25, 0.3) is 0 Å². The van der Waals surface area contributed by atoms with Crippen molar-refractivity contribution in [3.05, 3.63) is 35.9 Å². The summed E-state index contributed by atoms with van der Waals surface area (Å²) >= 11 is 0. The third-order valence-electron chi connectivity index (χ3n) is 2.38. The maximum Gasteiger partial charge on any atom is 0.0717 e. The van der Waals surface area contributed by atoms with Gasteiger partial charge in [0.1, 0.15) is 0 Å². The molecule has 0 aliphatic heterocycles. The van der Waals surface area contributed by atoms with Crippen molar-refractivity contribution in [3.8, 4) is 0 Å². The van der Waals surface area contributed by atoms with Gasteiger partial charge in [0.25, 0.3) is 0 Å². The molecule has 0 aromatic heterocycles. The van der Waals surface area contributed by atoms with Crippen LogP contribution >= 0.6 is 0 Å². The van der Waals surface area contributed by atoms with E-state index in [-0.39, 0.29) is 6.04 Å². The maximum atomic E-state index is 8.86. The molecule has 1 unspecified atom stereocenters. The largest absolute Gasteiger partial charge is 0.375 e.